The summed E-state index contributed by atoms with van der Waals surface area (Å²) < 4.78 is 2.41. The van der Waals surface area contributed by atoms with Crippen molar-refractivity contribution < 1.29 is 21.5 Å². The van der Waals surface area contributed by atoms with Crippen LogP contribution in [0.3, 0.4) is 0 Å². The Bertz CT molecular complexity index is 778. The minimum atomic E-state index is 0. The van der Waals surface area contributed by atoms with Gasteiger partial charge in [-0.2, -0.15) is 4.57 Å². The van der Waals surface area contributed by atoms with E-state index in [0.29, 0.717) is 0 Å². The SMILES string of the molecule is CCCCCCCCCCCC[n+]1ccccc1C=Cc1ccc(N2CCCCC2)cc1.[Br-]. The topological polar surface area (TPSA) is 7.12 Å². The summed E-state index contributed by atoms with van der Waals surface area (Å²) in [4.78, 5) is 2.52. The van der Waals surface area contributed by atoms with E-state index in [2.05, 4.69) is 77.2 Å². The van der Waals surface area contributed by atoms with E-state index >= 15 is 0 Å². The Morgan fingerprint density at radius 2 is 1.36 bits per heavy atom. The monoisotopic (exact) mass is 512 g/mol. The highest BCUT2D eigenvalue weighted by Crippen LogP contribution is 2.21. The predicted molar refractivity (Wildman–Crippen MR) is 140 cm³/mol. The van der Waals surface area contributed by atoms with Crippen molar-refractivity contribution in [1.82, 2.24) is 0 Å². The summed E-state index contributed by atoms with van der Waals surface area (Å²) in [6, 6.07) is 15.6. The number of halogens is 1. The molecule has 0 atom stereocenters. The Kier molecular flexibility index (Phi) is 14.2. The first-order valence-corrected chi connectivity index (χ1v) is 13.4. The number of aryl methyl sites for hydroxylation is 1. The van der Waals surface area contributed by atoms with Gasteiger partial charge in [-0.25, -0.2) is 0 Å². The first-order valence-electron chi connectivity index (χ1n) is 13.4. The Morgan fingerprint density at radius 1 is 0.727 bits per heavy atom. The van der Waals surface area contributed by atoms with E-state index in [1.807, 2.05) is 0 Å². The Morgan fingerprint density at radius 3 is 2.03 bits per heavy atom. The van der Waals surface area contributed by atoms with Crippen molar-refractivity contribution in [3.8, 4) is 0 Å². The van der Waals surface area contributed by atoms with Crippen LogP contribution in [0.25, 0.3) is 12.2 Å². The van der Waals surface area contributed by atoms with Gasteiger partial charge < -0.3 is 21.9 Å². The van der Waals surface area contributed by atoms with Gasteiger partial charge in [-0.3, -0.25) is 0 Å². The molecule has 3 heteroatoms. The molecule has 1 aromatic heterocycles. The van der Waals surface area contributed by atoms with Crippen LogP contribution in [0.4, 0.5) is 5.69 Å². The van der Waals surface area contributed by atoms with Crippen molar-refractivity contribution in [2.45, 2.75) is 96.9 Å². The van der Waals surface area contributed by atoms with Crippen LogP contribution in [0.1, 0.15) is 102 Å². The summed E-state index contributed by atoms with van der Waals surface area (Å²) in [5.41, 5.74) is 3.95. The van der Waals surface area contributed by atoms with Crippen LogP contribution >= 0.6 is 0 Å². The predicted octanol–water partition coefficient (Wildman–Crippen LogP) is 5.06. The van der Waals surface area contributed by atoms with Crippen LogP contribution in [0, 0.1) is 0 Å². The number of piperidine rings is 1. The molecule has 0 aliphatic carbocycles. The number of benzene rings is 1. The Hall–Kier alpha value is -1.61. The first-order chi connectivity index (χ1) is 15.9. The van der Waals surface area contributed by atoms with E-state index in [0.717, 1.165) is 6.54 Å². The van der Waals surface area contributed by atoms with Crippen LogP contribution in [0.15, 0.2) is 48.7 Å². The largest absolute Gasteiger partial charge is 1.00 e. The van der Waals surface area contributed by atoms with Gasteiger partial charge in [-0.05, 0) is 55.5 Å². The summed E-state index contributed by atoms with van der Waals surface area (Å²) in [5.74, 6) is 0. The van der Waals surface area contributed by atoms with Gasteiger partial charge in [0.15, 0.2) is 6.20 Å². The molecule has 1 fully saturated rings. The second-order valence-electron chi connectivity index (χ2n) is 9.47. The molecule has 1 aromatic carbocycles. The average molecular weight is 514 g/mol. The average Bonchev–Trinajstić information content (AvgIpc) is 2.85. The number of hydrogen-bond donors (Lipinski definition) is 0. The molecular weight excluding hydrogens is 468 g/mol. The lowest BCUT2D eigenvalue weighted by Gasteiger charge is -2.28. The van der Waals surface area contributed by atoms with Gasteiger partial charge in [-0.1, -0.05) is 70.4 Å². The highest BCUT2D eigenvalue weighted by atomic mass is 79.9. The molecule has 0 N–H and O–H groups in total. The van der Waals surface area contributed by atoms with E-state index in [1.54, 1.807) is 0 Å². The molecule has 3 rings (SSSR count). The highest BCUT2D eigenvalue weighted by Gasteiger charge is 2.10. The van der Waals surface area contributed by atoms with Crippen LogP contribution in [0.5, 0.6) is 0 Å². The van der Waals surface area contributed by atoms with Gasteiger partial charge in [0.25, 0.3) is 0 Å². The lowest BCUT2D eigenvalue weighted by atomic mass is 10.1. The molecule has 182 valence electrons. The molecule has 0 bridgehead atoms. The van der Waals surface area contributed by atoms with Gasteiger partial charge in [0.1, 0.15) is 6.54 Å². The number of rotatable bonds is 14. The van der Waals surface area contributed by atoms with Gasteiger partial charge in [0, 0.05) is 43.4 Å². The molecule has 0 amide bonds. The minimum Gasteiger partial charge on any atom is -1.00 e. The maximum absolute atomic E-state index is 2.52. The van der Waals surface area contributed by atoms with Crippen molar-refractivity contribution in [3.63, 3.8) is 0 Å². The van der Waals surface area contributed by atoms with Crippen LogP contribution in [0.2, 0.25) is 0 Å². The van der Waals surface area contributed by atoms with Crippen molar-refractivity contribution in [2.24, 2.45) is 0 Å². The number of nitrogens with zero attached hydrogens (tertiary/aromatic N) is 2. The second-order valence-corrected chi connectivity index (χ2v) is 9.47. The third-order valence-corrected chi connectivity index (χ3v) is 6.79. The molecule has 2 heterocycles. The number of anilines is 1. The van der Waals surface area contributed by atoms with Gasteiger partial charge in [-0.15, -0.1) is 0 Å². The minimum absolute atomic E-state index is 0. The fraction of sp³-hybridized carbons (Fsp3) is 0.567. The zero-order chi connectivity index (χ0) is 22.3. The smallest absolute Gasteiger partial charge is 0.205 e. The number of pyridine rings is 1. The highest BCUT2D eigenvalue weighted by molar-refractivity contribution is 5.68. The van der Waals surface area contributed by atoms with Crippen LogP contribution in [-0.4, -0.2) is 13.1 Å². The van der Waals surface area contributed by atoms with Gasteiger partial charge >= 0.3 is 0 Å². The third kappa shape index (κ3) is 10.5. The Labute approximate surface area is 213 Å². The molecule has 0 radical (unpaired) electrons. The van der Waals surface area contributed by atoms with Gasteiger partial charge in [0.2, 0.25) is 5.69 Å². The van der Waals surface area contributed by atoms with Crippen LogP contribution in [-0.2, 0) is 6.54 Å². The molecule has 0 unspecified atom stereocenters. The second kappa shape index (κ2) is 16.9. The molecule has 33 heavy (non-hydrogen) atoms. The zero-order valence-corrected chi connectivity index (χ0v) is 22.4. The first kappa shape index (κ1) is 27.6. The fourth-order valence-electron chi connectivity index (χ4n) is 4.74. The van der Waals surface area contributed by atoms with E-state index in [1.165, 1.54) is 114 Å². The lowest BCUT2D eigenvalue weighted by Crippen LogP contribution is -3.00. The maximum atomic E-state index is 2.52. The molecule has 2 nitrogen and oxygen atoms in total. The molecule has 1 saturated heterocycles. The summed E-state index contributed by atoms with van der Waals surface area (Å²) in [6.07, 6.45) is 24.7. The van der Waals surface area contributed by atoms with Gasteiger partial charge in [0.05, 0.1) is 0 Å². The number of aromatic nitrogens is 1. The van der Waals surface area contributed by atoms with Crippen molar-refractivity contribution in [2.75, 3.05) is 18.0 Å². The van der Waals surface area contributed by atoms with Crippen LogP contribution < -0.4 is 26.4 Å². The molecular formula is C30H45BrN2. The quantitative estimate of drug-likeness (QED) is 0.253. The van der Waals surface area contributed by atoms with E-state index < -0.39 is 0 Å². The lowest BCUT2D eigenvalue weighted by molar-refractivity contribution is -0.699. The van der Waals surface area contributed by atoms with E-state index in [4.69, 9.17) is 0 Å². The standard InChI is InChI=1S/C30H45N2.BrH/c1-2-3-4-5-6-7-8-9-10-13-24-31-27-16-12-17-29(31)21-18-28-19-22-30(23-20-28)32-25-14-11-15-26-32;/h12,16-23,27H,2-11,13-15,24-26H2,1H3;1H/q+1;/p-1. The summed E-state index contributed by atoms with van der Waals surface area (Å²) in [5, 5.41) is 0. The Balaban J connectivity index is 0.00000385. The van der Waals surface area contributed by atoms with E-state index in [9.17, 15) is 0 Å². The number of unbranched alkanes of at least 4 members (excludes halogenated alkanes) is 9. The summed E-state index contributed by atoms with van der Waals surface area (Å²) in [6.45, 7) is 5.82. The molecule has 0 saturated carbocycles. The third-order valence-electron chi connectivity index (χ3n) is 6.79. The summed E-state index contributed by atoms with van der Waals surface area (Å²) >= 11 is 0. The molecule has 1 aliphatic heterocycles. The molecule has 1 aliphatic rings. The molecule has 2 aromatic rings. The van der Waals surface area contributed by atoms with Crippen molar-refractivity contribution >= 4 is 17.8 Å². The van der Waals surface area contributed by atoms with Crippen molar-refractivity contribution in [1.29, 1.82) is 0 Å². The fourth-order valence-corrected chi connectivity index (χ4v) is 4.74. The maximum Gasteiger partial charge on any atom is 0.205 e. The molecule has 0 spiro atoms. The normalized spacial score (nSPS) is 13.9. The number of hydrogen-bond acceptors (Lipinski definition) is 1. The van der Waals surface area contributed by atoms with Crippen molar-refractivity contribution in [3.05, 3.63) is 59.9 Å². The van der Waals surface area contributed by atoms with E-state index in [-0.39, 0.29) is 17.0 Å². The summed E-state index contributed by atoms with van der Waals surface area (Å²) in [7, 11) is 0. The zero-order valence-electron chi connectivity index (χ0n) is 20.9.